The normalized spacial score (nSPS) is 20.3. The summed E-state index contributed by atoms with van der Waals surface area (Å²) in [5.74, 6) is 0.560. The van der Waals surface area contributed by atoms with Crippen molar-refractivity contribution in [3.63, 3.8) is 0 Å². The molecule has 1 aromatic rings. The predicted octanol–water partition coefficient (Wildman–Crippen LogP) is 1.49. The van der Waals surface area contributed by atoms with Gasteiger partial charge in [0.1, 0.15) is 5.75 Å². The number of oxime groups is 1. The summed E-state index contributed by atoms with van der Waals surface area (Å²) in [5.41, 5.74) is 1.16. The van der Waals surface area contributed by atoms with Crippen molar-refractivity contribution in [2.75, 3.05) is 13.6 Å². The third-order valence-electron chi connectivity index (χ3n) is 3.07. The van der Waals surface area contributed by atoms with Gasteiger partial charge in [0.25, 0.3) is 5.91 Å². The minimum absolute atomic E-state index is 0.0107. The Balaban J connectivity index is 2.22. The molecule has 0 radical (unpaired) electrons. The molecule has 1 aromatic carbocycles. The van der Waals surface area contributed by atoms with E-state index in [1.54, 1.807) is 31.0 Å². The highest BCUT2D eigenvalue weighted by molar-refractivity contribution is 6.00. The van der Waals surface area contributed by atoms with Gasteiger partial charge >= 0.3 is 0 Å². The zero-order valence-electron chi connectivity index (χ0n) is 10.5. The number of nitrogens with zero attached hydrogens (tertiary/aromatic N) is 2. The molecule has 1 fully saturated rings. The van der Waals surface area contributed by atoms with Crippen LogP contribution in [0.1, 0.15) is 18.9 Å². The molecule has 1 aliphatic heterocycles. The van der Waals surface area contributed by atoms with Crippen molar-refractivity contribution in [2.24, 2.45) is 5.16 Å². The molecule has 0 bridgehead atoms. The fraction of sp³-hybridized carbons (Fsp3) is 0.385. The summed E-state index contributed by atoms with van der Waals surface area (Å²) in [4.78, 5) is 13.4. The number of rotatable bonds is 3. The number of ether oxygens (including phenoxy) is 1. The number of amides is 1. The van der Waals surface area contributed by atoms with Crippen molar-refractivity contribution in [3.05, 3.63) is 29.8 Å². The number of likely N-dealkylation sites (N-methyl/N-ethyl adjacent to an activating group) is 1. The molecule has 1 aliphatic rings. The van der Waals surface area contributed by atoms with Gasteiger partial charge in [-0.25, -0.2) is 0 Å². The number of para-hydroxylation sites is 1. The second-order valence-electron chi connectivity index (χ2n) is 4.34. The first-order chi connectivity index (χ1) is 8.63. The maximum absolute atomic E-state index is 11.8. The Kier molecular flexibility index (Phi) is 3.50. The molecule has 5 heteroatoms. The van der Waals surface area contributed by atoms with Crippen LogP contribution in [0.5, 0.6) is 5.75 Å². The van der Waals surface area contributed by atoms with Crippen LogP contribution in [0.2, 0.25) is 0 Å². The first-order valence-corrected chi connectivity index (χ1v) is 5.83. The fourth-order valence-electron chi connectivity index (χ4n) is 1.98. The minimum Gasteiger partial charge on any atom is -0.480 e. The van der Waals surface area contributed by atoms with Crippen LogP contribution in [-0.2, 0) is 4.79 Å². The van der Waals surface area contributed by atoms with Gasteiger partial charge in [-0.3, -0.25) is 4.79 Å². The van der Waals surface area contributed by atoms with Crippen molar-refractivity contribution in [3.8, 4) is 5.75 Å². The standard InChI is InChI=1S/C13H16N2O3/c1-9(14-17)10-5-3-4-6-11(10)18-12-7-8-15(2)13(12)16/h3-6,12,17H,7-8H2,1-2H3. The molecule has 18 heavy (non-hydrogen) atoms. The van der Waals surface area contributed by atoms with Crippen molar-refractivity contribution in [1.82, 2.24) is 4.90 Å². The van der Waals surface area contributed by atoms with Crippen LogP contribution in [-0.4, -0.2) is 41.4 Å². The van der Waals surface area contributed by atoms with E-state index >= 15 is 0 Å². The monoisotopic (exact) mass is 248 g/mol. The lowest BCUT2D eigenvalue weighted by Crippen LogP contribution is -2.29. The van der Waals surface area contributed by atoms with Crippen LogP contribution in [0.25, 0.3) is 0 Å². The van der Waals surface area contributed by atoms with Gasteiger partial charge in [-0.15, -0.1) is 0 Å². The van der Waals surface area contributed by atoms with E-state index in [1.165, 1.54) is 0 Å². The van der Waals surface area contributed by atoms with Crippen LogP contribution in [0.3, 0.4) is 0 Å². The van der Waals surface area contributed by atoms with Crippen molar-refractivity contribution in [2.45, 2.75) is 19.4 Å². The lowest BCUT2D eigenvalue weighted by molar-refractivity contribution is -0.132. The first-order valence-electron chi connectivity index (χ1n) is 5.83. The fourth-order valence-corrected chi connectivity index (χ4v) is 1.98. The van der Waals surface area contributed by atoms with Gasteiger partial charge in [0.05, 0.1) is 5.71 Å². The molecular weight excluding hydrogens is 232 g/mol. The van der Waals surface area contributed by atoms with Gasteiger partial charge in [0.15, 0.2) is 6.10 Å². The summed E-state index contributed by atoms with van der Waals surface area (Å²) in [7, 11) is 1.76. The van der Waals surface area contributed by atoms with Crippen molar-refractivity contribution < 1.29 is 14.7 Å². The number of hydrogen-bond acceptors (Lipinski definition) is 4. The smallest absolute Gasteiger partial charge is 0.263 e. The SMILES string of the molecule is CC(=NO)c1ccccc1OC1CCN(C)C1=O. The van der Waals surface area contributed by atoms with Crippen molar-refractivity contribution >= 4 is 11.6 Å². The zero-order valence-corrected chi connectivity index (χ0v) is 10.5. The molecule has 1 heterocycles. The quantitative estimate of drug-likeness (QED) is 0.501. The Hall–Kier alpha value is -2.04. The van der Waals surface area contributed by atoms with E-state index in [-0.39, 0.29) is 5.91 Å². The maximum atomic E-state index is 11.8. The molecule has 5 nitrogen and oxygen atoms in total. The second-order valence-corrected chi connectivity index (χ2v) is 4.34. The van der Waals surface area contributed by atoms with E-state index in [0.717, 1.165) is 0 Å². The highest BCUT2D eigenvalue weighted by Crippen LogP contribution is 2.23. The van der Waals surface area contributed by atoms with E-state index in [1.807, 2.05) is 12.1 Å². The van der Waals surface area contributed by atoms with Gasteiger partial charge in [0, 0.05) is 25.6 Å². The third-order valence-corrected chi connectivity index (χ3v) is 3.07. The van der Waals surface area contributed by atoms with Crippen LogP contribution in [0, 0.1) is 0 Å². The topological polar surface area (TPSA) is 62.1 Å². The highest BCUT2D eigenvalue weighted by atomic mass is 16.5. The molecule has 1 amide bonds. The second kappa shape index (κ2) is 5.08. The summed E-state index contributed by atoms with van der Waals surface area (Å²) in [6.45, 7) is 2.39. The highest BCUT2D eigenvalue weighted by Gasteiger charge is 2.31. The summed E-state index contributed by atoms with van der Waals surface area (Å²) >= 11 is 0. The van der Waals surface area contributed by atoms with E-state index in [0.29, 0.717) is 30.0 Å². The first kappa shape index (κ1) is 12.4. The van der Waals surface area contributed by atoms with E-state index in [9.17, 15) is 4.79 Å². The van der Waals surface area contributed by atoms with E-state index in [4.69, 9.17) is 9.94 Å². The van der Waals surface area contributed by atoms with E-state index in [2.05, 4.69) is 5.16 Å². The van der Waals surface area contributed by atoms with Gasteiger partial charge in [-0.2, -0.15) is 0 Å². The molecule has 0 aromatic heterocycles. The van der Waals surface area contributed by atoms with E-state index < -0.39 is 6.10 Å². The molecular formula is C13H16N2O3. The molecule has 2 rings (SSSR count). The van der Waals surface area contributed by atoms with Gasteiger partial charge in [0.2, 0.25) is 0 Å². The molecule has 0 aliphatic carbocycles. The van der Waals surface area contributed by atoms with Crippen LogP contribution >= 0.6 is 0 Å². The maximum Gasteiger partial charge on any atom is 0.263 e. The molecule has 1 saturated heterocycles. The van der Waals surface area contributed by atoms with Crippen LogP contribution in [0.15, 0.2) is 29.4 Å². The Morgan fingerprint density at radius 2 is 2.22 bits per heavy atom. The number of likely N-dealkylation sites (tertiary alicyclic amines) is 1. The van der Waals surface area contributed by atoms with Gasteiger partial charge < -0.3 is 14.8 Å². The molecule has 1 unspecified atom stereocenters. The molecule has 0 spiro atoms. The lowest BCUT2D eigenvalue weighted by Gasteiger charge is -2.15. The number of carbonyl (C=O) groups is 1. The summed E-state index contributed by atoms with van der Waals surface area (Å²) in [6, 6.07) is 7.23. The minimum atomic E-state index is -0.442. The van der Waals surface area contributed by atoms with Gasteiger partial charge in [-0.1, -0.05) is 17.3 Å². The van der Waals surface area contributed by atoms with Crippen LogP contribution < -0.4 is 4.74 Å². The Morgan fingerprint density at radius 1 is 1.50 bits per heavy atom. The Labute approximate surface area is 106 Å². The largest absolute Gasteiger partial charge is 0.480 e. The van der Waals surface area contributed by atoms with Crippen LogP contribution in [0.4, 0.5) is 0 Å². The Bertz CT molecular complexity index is 485. The molecule has 1 N–H and O–H groups in total. The zero-order chi connectivity index (χ0) is 13.1. The average Bonchev–Trinajstić information content (AvgIpc) is 2.70. The Morgan fingerprint density at radius 3 is 2.83 bits per heavy atom. The summed E-state index contributed by atoms with van der Waals surface area (Å²) in [6.07, 6.45) is 0.238. The van der Waals surface area contributed by atoms with Crippen molar-refractivity contribution in [1.29, 1.82) is 0 Å². The number of hydrogen-bond donors (Lipinski definition) is 1. The summed E-state index contributed by atoms with van der Waals surface area (Å²) in [5, 5.41) is 12.0. The number of benzene rings is 1. The summed E-state index contributed by atoms with van der Waals surface area (Å²) < 4.78 is 5.73. The van der Waals surface area contributed by atoms with Gasteiger partial charge in [-0.05, 0) is 19.1 Å². The molecule has 96 valence electrons. The number of carbonyl (C=O) groups excluding carboxylic acids is 1. The molecule has 1 atom stereocenters. The lowest BCUT2D eigenvalue weighted by atomic mass is 10.1. The molecule has 0 saturated carbocycles. The average molecular weight is 248 g/mol. The predicted molar refractivity (Wildman–Crippen MR) is 67.1 cm³/mol. The third kappa shape index (κ3) is 2.30.